The van der Waals surface area contributed by atoms with Gasteiger partial charge in [-0.25, -0.2) is 4.98 Å². The first-order valence-corrected chi connectivity index (χ1v) is 23.9. The van der Waals surface area contributed by atoms with Crippen LogP contribution in [0.4, 0.5) is 0 Å². The zero-order valence-corrected chi connectivity index (χ0v) is 37.8. The van der Waals surface area contributed by atoms with Crippen molar-refractivity contribution in [3.8, 4) is 33.6 Å². The van der Waals surface area contributed by atoms with Crippen molar-refractivity contribution >= 4 is 130 Å². The zero-order valence-electron chi connectivity index (χ0n) is 37.8. The van der Waals surface area contributed by atoms with Crippen molar-refractivity contribution in [1.82, 2.24) is 4.98 Å². The van der Waals surface area contributed by atoms with E-state index in [0.29, 0.717) is 0 Å². The Morgan fingerprint density at radius 1 is 0.271 bits per heavy atom. The summed E-state index contributed by atoms with van der Waals surface area (Å²) < 4.78 is 20.7. The van der Waals surface area contributed by atoms with E-state index in [1.54, 1.807) is 0 Å². The van der Waals surface area contributed by atoms with Gasteiger partial charge in [0.05, 0.1) is 11.4 Å². The molecule has 0 aliphatic rings. The second-order valence-corrected chi connectivity index (χ2v) is 18.8. The third-order valence-corrected chi connectivity index (χ3v) is 15.2. The molecule has 4 heteroatoms. The predicted molar refractivity (Wildman–Crippen MR) is 292 cm³/mol. The number of rotatable bonds is 3. The van der Waals surface area contributed by atoms with Crippen LogP contribution in [0.3, 0.4) is 0 Å². The molecule has 16 aromatic rings. The number of aromatic nitrogens is 1. The van der Waals surface area contributed by atoms with Gasteiger partial charge in [0.2, 0.25) is 0 Å². The Bertz CT molecular complexity index is 4740. The predicted octanol–water partition coefficient (Wildman–Crippen LogP) is 19.0. The van der Waals surface area contributed by atoms with Crippen LogP contribution in [-0.4, -0.2) is 4.98 Å². The summed E-state index contributed by atoms with van der Waals surface area (Å²) in [5.74, 6) is 0. The van der Waals surface area contributed by atoms with Gasteiger partial charge in [0.25, 0.3) is 0 Å². The van der Waals surface area contributed by atoms with Gasteiger partial charge in [-0.2, -0.15) is 0 Å². The van der Waals surface area contributed by atoms with Gasteiger partial charge in [0.1, 0.15) is 33.5 Å². The highest BCUT2D eigenvalue weighted by Crippen LogP contribution is 2.47. The Labute approximate surface area is 399 Å². The maximum atomic E-state index is 6.90. The van der Waals surface area contributed by atoms with Gasteiger partial charge in [0, 0.05) is 43.4 Å². The van der Waals surface area contributed by atoms with E-state index in [4.69, 9.17) is 18.2 Å². The van der Waals surface area contributed by atoms with Gasteiger partial charge < -0.3 is 13.3 Å². The number of hydrogen-bond donors (Lipinski definition) is 0. The largest absolute Gasteiger partial charge is 0.456 e. The van der Waals surface area contributed by atoms with E-state index in [2.05, 4.69) is 213 Å². The van der Waals surface area contributed by atoms with Crippen LogP contribution in [-0.2, 0) is 0 Å². The second kappa shape index (κ2) is 13.9. The maximum Gasteiger partial charge on any atom is 0.135 e. The standard InChI is InChI=1S/C66H37NO3/c1-36-52(40-29-32-57-63-42(40)20-8-22-47(63)44-17-2-11-37-14-5-26-54(68-57)60(37)44)35-53(41-30-33-58-64-43(41)21-9-23-48(64)45-18-3-12-38-15-6-27-55(69-58)61(38)45)67-66(36)51-31-34-59-65-49(24-10-25-50(51)65)46-19-4-13-39-16-7-28-56(70-59)62(39)46/h2-35H,1H3. The smallest absolute Gasteiger partial charge is 0.135 e. The average molecular weight is 892 g/mol. The molecule has 0 bridgehead atoms. The van der Waals surface area contributed by atoms with Gasteiger partial charge in [-0.15, -0.1) is 0 Å². The summed E-state index contributed by atoms with van der Waals surface area (Å²) in [7, 11) is 0. The minimum atomic E-state index is 0.830. The quantitative estimate of drug-likeness (QED) is 0.177. The minimum absolute atomic E-state index is 0.830. The highest BCUT2D eigenvalue weighted by Gasteiger charge is 2.23. The second-order valence-electron chi connectivity index (χ2n) is 18.8. The minimum Gasteiger partial charge on any atom is -0.456 e. The Morgan fingerprint density at radius 3 is 1.03 bits per heavy atom. The summed E-state index contributed by atoms with van der Waals surface area (Å²) in [6, 6.07) is 73.9. The first-order valence-electron chi connectivity index (χ1n) is 23.9. The van der Waals surface area contributed by atoms with Gasteiger partial charge in [-0.3, -0.25) is 0 Å². The van der Waals surface area contributed by atoms with Crippen LogP contribution < -0.4 is 0 Å². The third kappa shape index (κ3) is 5.11. The van der Waals surface area contributed by atoms with Crippen LogP contribution in [0, 0.1) is 6.92 Å². The molecule has 4 aromatic heterocycles. The average Bonchev–Trinajstić information content (AvgIpc) is 3.72. The summed E-state index contributed by atoms with van der Waals surface area (Å²) in [4.78, 5) is 5.81. The summed E-state index contributed by atoms with van der Waals surface area (Å²) in [6.07, 6.45) is 0. The fourth-order valence-corrected chi connectivity index (χ4v) is 12.2. The highest BCUT2D eigenvalue weighted by atomic mass is 16.3. The lowest BCUT2D eigenvalue weighted by molar-refractivity contribution is 0.664. The summed E-state index contributed by atoms with van der Waals surface area (Å²) in [5.41, 5.74) is 12.2. The van der Waals surface area contributed by atoms with Crippen LogP contribution in [0.15, 0.2) is 220 Å². The molecule has 0 aliphatic heterocycles. The summed E-state index contributed by atoms with van der Waals surface area (Å²) >= 11 is 0. The van der Waals surface area contributed by atoms with E-state index in [1.807, 2.05) is 0 Å². The van der Waals surface area contributed by atoms with Gasteiger partial charge in [-0.05, 0) is 143 Å². The SMILES string of the molecule is Cc1c(-c2ccc3oc4cccc5cccc(c6cccc2c36)c54)cc(-c2ccc3oc4cccc5cccc(c6cccc2c36)c54)nc1-c1ccc2oc3cccc4cccc(c5cccc1c25)c43. The van der Waals surface area contributed by atoms with Gasteiger partial charge in [0.15, 0.2) is 0 Å². The van der Waals surface area contributed by atoms with Crippen molar-refractivity contribution in [2.45, 2.75) is 6.92 Å². The Kier molecular flexibility index (Phi) is 7.51. The molecule has 0 saturated heterocycles. The van der Waals surface area contributed by atoms with Crippen LogP contribution in [0.2, 0.25) is 0 Å². The molecule has 4 nitrogen and oxygen atoms in total. The molecule has 0 fully saturated rings. The van der Waals surface area contributed by atoms with Crippen molar-refractivity contribution in [1.29, 1.82) is 0 Å². The molecule has 16 rings (SSSR count). The van der Waals surface area contributed by atoms with Crippen LogP contribution in [0.5, 0.6) is 0 Å². The maximum absolute atomic E-state index is 6.90. The summed E-state index contributed by atoms with van der Waals surface area (Å²) in [5, 5.41) is 20.3. The molecule has 0 aliphatic carbocycles. The molecule has 12 aromatic carbocycles. The monoisotopic (exact) mass is 891 g/mol. The zero-order chi connectivity index (χ0) is 45.8. The number of hydrogen-bond acceptors (Lipinski definition) is 4. The molecule has 0 unspecified atom stereocenters. The number of benzene rings is 12. The normalized spacial score (nSPS) is 12.4. The third-order valence-electron chi connectivity index (χ3n) is 15.2. The van der Waals surface area contributed by atoms with E-state index in [1.165, 1.54) is 5.39 Å². The van der Waals surface area contributed by atoms with Gasteiger partial charge in [-0.1, -0.05) is 152 Å². The molecule has 0 saturated carbocycles. The first kappa shape index (κ1) is 37.8. The molecular formula is C66H37NO3. The Hall–Kier alpha value is -9.25. The van der Waals surface area contributed by atoms with Crippen LogP contribution in [0.1, 0.15) is 5.56 Å². The van der Waals surface area contributed by atoms with E-state index in [0.717, 1.165) is 164 Å². The molecule has 324 valence electrons. The molecule has 0 radical (unpaired) electrons. The van der Waals surface area contributed by atoms with Crippen LogP contribution in [0.25, 0.3) is 164 Å². The molecular weight excluding hydrogens is 855 g/mol. The number of pyridine rings is 1. The Balaban J connectivity index is 1.04. The summed E-state index contributed by atoms with van der Waals surface area (Å²) in [6.45, 7) is 2.23. The van der Waals surface area contributed by atoms with E-state index < -0.39 is 0 Å². The van der Waals surface area contributed by atoms with Crippen molar-refractivity contribution < 1.29 is 13.3 Å². The fourth-order valence-electron chi connectivity index (χ4n) is 12.2. The van der Waals surface area contributed by atoms with Crippen LogP contribution >= 0.6 is 0 Å². The molecule has 0 atom stereocenters. The van der Waals surface area contributed by atoms with Crippen molar-refractivity contribution in [3.63, 3.8) is 0 Å². The topological polar surface area (TPSA) is 52.3 Å². The number of fused-ring (bicyclic) bond motifs is 3. The van der Waals surface area contributed by atoms with Crippen molar-refractivity contribution in [2.75, 3.05) is 0 Å². The molecule has 4 heterocycles. The fraction of sp³-hybridized carbons (Fsp3) is 0.0152. The van der Waals surface area contributed by atoms with E-state index >= 15 is 0 Å². The molecule has 0 spiro atoms. The first-order chi connectivity index (χ1) is 34.6. The van der Waals surface area contributed by atoms with E-state index in [-0.39, 0.29) is 0 Å². The molecule has 0 amide bonds. The van der Waals surface area contributed by atoms with E-state index in [9.17, 15) is 0 Å². The highest BCUT2D eigenvalue weighted by molar-refractivity contribution is 6.28. The van der Waals surface area contributed by atoms with Gasteiger partial charge >= 0.3 is 0 Å². The Morgan fingerprint density at radius 2 is 0.586 bits per heavy atom. The lowest BCUT2D eigenvalue weighted by Gasteiger charge is -2.18. The number of nitrogens with zero attached hydrogens (tertiary/aromatic N) is 1. The van der Waals surface area contributed by atoms with Crippen molar-refractivity contribution in [3.05, 3.63) is 212 Å². The molecule has 0 N–H and O–H groups in total. The lowest BCUT2D eigenvalue weighted by atomic mass is 9.88. The lowest BCUT2D eigenvalue weighted by Crippen LogP contribution is -1.98. The molecule has 70 heavy (non-hydrogen) atoms. The van der Waals surface area contributed by atoms with Crippen molar-refractivity contribution in [2.24, 2.45) is 0 Å².